The minimum Gasteiger partial charge on any atom is -0.497 e. The van der Waals surface area contributed by atoms with Gasteiger partial charge in [0.25, 0.3) is 5.91 Å². The van der Waals surface area contributed by atoms with Gasteiger partial charge in [-0.3, -0.25) is 14.2 Å². The van der Waals surface area contributed by atoms with Crippen LogP contribution in [0.4, 0.5) is 0 Å². The molecule has 0 atom stereocenters. The SMILES string of the molecule is COc1ccc2c(c1)c(CC(=O)N1CCNCC1)c(C)n2C(=O)c1ccc(Cl)cc1.Cl. The number of nitrogens with one attached hydrogen (secondary N) is 1. The van der Waals surface area contributed by atoms with Crippen LogP contribution in [0.25, 0.3) is 10.9 Å². The number of amides is 1. The Morgan fingerprint density at radius 2 is 1.77 bits per heavy atom. The smallest absolute Gasteiger partial charge is 0.262 e. The number of ether oxygens (including phenoxy) is 1. The van der Waals surface area contributed by atoms with Crippen LogP contribution in [0, 0.1) is 6.92 Å². The van der Waals surface area contributed by atoms with Crippen LogP contribution in [-0.2, 0) is 11.2 Å². The second-order valence-electron chi connectivity index (χ2n) is 7.40. The number of carbonyl (C=O) groups excluding carboxylic acids is 2. The van der Waals surface area contributed by atoms with Gasteiger partial charge in [0.05, 0.1) is 19.0 Å². The Bertz CT molecular complexity index is 1100. The highest BCUT2D eigenvalue weighted by Crippen LogP contribution is 2.31. The Morgan fingerprint density at radius 3 is 2.42 bits per heavy atom. The molecule has 2 heterocycles. The number of piperazine rings is 1. The third kappa shape index (κ3) is 4.56. The molecule has 6 nitrogen and oxygen atoms in total. The third-order valence-electron chi connectivity index (χ3n) is 5.63. The number of hydrogen-bond donors (Lipinski definition) is 1. The van der Waals surface area contributed by atoms with Crippen molar-refractivity contribution in [3.63, 3.8) is 0 Å². The Labute approximate surface area is 192 Å². The normalized spacial score (nSPS) is 13.7. The van der Waals surface area contributed by atoms with Crippen LogP contribution in [0.15, 0.2) is 42.5 Å². The van der Waals surface area contributed by atoms with E-state index in [-0.39, 0.29) is 30.6 Å². The summed E-state index contributed by atoms with van der Waals surface area (Å²) < 4.78 is 7.07. The average Bonchev–Trinajstić information content (AvgIpc) is 3.05. The van der Waals surface area contributed by atoms with Crippen LogP contribution in [0.1, 0.15) is 21.6 Å². The van der Waals surface area contributed by atoms with E-state index < -0.39 is 0 Å². The van der Waals surface area contributed by atoms with E-state index in [0.717, 1.165) is 35.2 Å². The summed E-state index contributed by atoms with van der Waals surface area (Å²) in [4.78, 5) is 28.2. The zero-order chi connectivity index (χ0) is 21.3. The molecule has 1 amide bonds. The van der Waals surface area contributed by atoms with E-state index in [0.29, 0.717) is 29.4 Å². The highest BCUT2D eigenvalue weighted by atomic mass is 35.5. The van der Waals surface area contributed by atoms with Crippen molar-refractivity contribution in [2.75, 3.05) is 33.3 Å². The van der Waals surface area contributed by atoms with Gasteiger partial charge in [0.15, 0.2) is 0 Å². The van der Waals surface area contributed by atoms with Crippen LogP contribution in [0.3, 0.4) is 0 Å². The van der Waals surface area contributed by atoms with Crippen molar-refractivity contribution in [2.45, 2.75) is 13.3 Å². The lowest BCUT2D eigenvalue weighted by Gasteiger charge is -2.27. The molecule has 3 aromatic rings. The Hall–Kier alpha value is -2.54. The van der Waals surface area contributed by atoms with E-state index in [1.54, 1.807) is 35.9 Å². The number of benzene rings is 2. The molecule has 4 rings (SSSR count). The summed E-state index contributed by atoms with van der Waals surface area (Å²) >= 11 is 5.98. The van der Waals surface area contributed by atoms with E-state index >= 15 is 0 Å². The monoisotopic (exact) mass is 461 g/mol. The highest BCUT2D eigenvalue weighted by Gasteiger charge is 2.24. The molecule has 0 radical (unpaired) electrons. The molecular formula is C23H25Cl2N3O3. The van der Waals surface area contributed by atoms with Crippen molar-refractivity contribution in [3.05, 3.63) is 64.3 Å². The minimum absolute atomic E-state index is 0. The summed E-state index contributed by atoms with van der Waals surface area (Å²) in [6.45, 7) is 4.89. The predicted octanol–water partition coefficient (Wildman–Crippen LogP) is 3.70. The van der Waals surface area contributed by atoms with Gasteiger partial charge in [0.1, 0.15) is 5.75 Å². The zero-order valence-corrected chi connectivity index (χ0v) is 19.1. The maximum absolute atomic E-state index is 13.3. The molecular weight excluding hydrogens is 437 g/mol. The van der Waals surface area contributed by atoms with Gasteiger partial charge < -0.3 is 15.0 Å². The number of methoxy groups -OCH3 is 1. The maximum atomic E-state index is 13.3. The van der Waals surface area contributed by atoms with E-state index in [2.05, 4.69) is 5.32 Å². The summed E-state index contributed by atoms with van der Waals surface area (Å²) in [6, 6.07) is 12.4. The lowest BCUT2D eigenvalue weighted by Crippen LogP contribution is -2.47. The second-order valence-corrected chi connectivity index (χ2v) is 7.84. The fraction of sp³-hybridized carbons (Fsp3) is 0.304. The van der Waals surface area contributed by atoms with Crippen LogP contribution in [0.5, 0.6) is 5.75 Å². The molecule has 1 saturated heterocycles. The van der Waals surface area contributed by atoms with E-state index in [1.807, 2.05) is 30.0 Å². The van der Waals surface area contributed by atoms with Crippen LogP contribution < -0.4 is 10.1 Å². The number of aromatic nitrogens is 1. The van der Waals surface area contributed by atoms with Gasteiger partial charge in [-0.2, -0.15) is 0 Å². The maximum Gasteiger partial charge on any atom is 0.262 e. The first kappa shape index (κ1) is 23.1. The standard InChI is InChI=1S/C23H24ClN3O3.ClH/c1-15-19(14-22(28)26-11-9-25-10-12-26)20-13-18(30-2)7-8-21(20)27(15)23(29)16-3-5-17(24)6-4-16;/h3-8,13,25H,9-12,14H2,1-2H3;1H. The average molecular weight is 462 g/mol. The van der Waals surface area contributed by atoms with Crippen molar-refractivity contribution >= 4 is 46.7 Å². The summed E-state index contributed by atoms with van der Waals surface area (Å²) in [5.74, 6) is 0.607. The molecule has 1 aliphatic rings. The second kappa shape index (κ2) is 9.73. The predicted molar refractivity (Wildman–Crippen MR) is 125 cm³/mol. The third-order valence-corrected chi connectivity index (χ3v) is 5.89. The van der Waals surface area contributed by atoms with Crippen LogP contribution in [-0.4, -0.2) is 54.6 Å². The van der Waals surface area contributed by atoms with Gasteiger partial charge in [0, 0.05) is 47.8 Å². The molecule has 8 heteroatoms. The van der Waals surface area contributed by atoms with Crippen molar-refractivity contribution in [1.29, 1.82) is 0 Å². The van der Waals surface area contributed by atoms with Crippen molar-refractivity contribution < 1.29 is 14.3 Å². The van der Waals surface area contributed by atoms with Crippen molar-refractivity contribution in [3.8, 4) is 5.75 Å². The van der Waals surface area contributed by atoms with Gasteiger partial charge in [-0.25, -0.2) is 0 Å². The molecule has 0 saturated carbocycles. The number of rotatable bonds is 4. The summed E-state index contributed by atoms with van der Waals surface area (Å²) in [6.07, 6.45) is 0.246. The molecule has 0 bridgehead atoms. The summed E-state index contributed by atoms with van der Waals surface area (Å²) in [5, 5.41) is 4.70. The number of hydrogen-bond acceptors (Lipinski definition) is 4. The molecule has 1 N–H and O–H groups in total. The topological polar surface area (TPSA) is 63.6 Å². The molecule has 0 aliphatic carbocycles. The molecule has 0 spiro atoms. The Balaban J connectivity index is 0.00000272. The largest absolute Gasteiger partial charge is 0.497 e. The quantitative estimate of drug-likeness (QED) is 0.643. The number of fused-ring (bicyclic) bond motifs is 1. The number of nitrogens with zero attached hydrogens (tertiary/aromatic N) is 2. The van der Waals surface area contributed by atoms with E-state index in [1.165, 1.54) is 0 Å². The zero-order valence-electron chi connectivity index (χ0n) is 17.5. The molecule has 31 heavy (non-hydrogen) atoms. The first-order valence-corrected chi connectivity index (χ1v) is 10.3. The van der Waals surface area contributed by atoms with E-state index in [9.17, 15) is 9.59 Å². The van der Waals surface area contributed by atoms with E-state index in [4.69, 9.17) is 16.3 Å². The highest BCUT2D eigenvalue weighted by molar-refractivity contribution is 6.30. The molecule has 1 fully saturated rings. The lowest BCUT2D eigenvalue weighted by molar-refractivity contribution is -0.131. The fourth-order valence-corrected chi connectivity index (χ4v) is 4.10. The molecule has 164 valence electrons. The fourth-order valence-electron chi connectivity index (χ4n) is 3.97. The lowest BCUT2D eigenvalue weighted by atomic mass is 10.1. The first-order chi connectivity index (χ1) is 14.5. The molecule has 2 aromatic carbocycles. The van der Waals surface area contributed by atoms with Gasteiger partial charge in [-0.1, -0.05) is 11.6 Å². The van der Waals surface area contributed by atoms with Crippen molar-refractivity contribution in [1.82, 2.24) is 14.8 Å². The summed E-state index contributed by atoms with van der Waals surface area (Å²) in [5.41, 5.74) is 2.92. The van der Waals surface area contributed by atoms with Gasteiger partial charge in [0.2, 0.25) is 5.91 Å². The van der Waals surface area contributed by atoms with Crippen LogP contribution >= 0.6 is 24.0 Å². The minimum atomic E-state index is -0.153. The molecule has 1 aliphatic heterocycles. The number of halogens is 2. The number of carbonyl (C=O) groups is 2. The Morgan fingerprint density at radius 1 is 1.10 bits per heavy atom. The summed E-state index contributed by atoms with van der Waals surface area (Å²) in [7, 11) is 1.61. The van der Waals surface area contributed by atoms with Gasteiger partial charge >= 0.3 is 0 Å². The first-order valence-electron chi connectivity index (χ1n) is 9.96. The van der Waals surface area contributed by atoms with Crippen molar-refractivity contribution in [2.24, 2.45) is 0 Å². The van der Waals surface area contributed by atoms with Gasteiger partial charge in [-0.15, -0.1) is 12.4 Å². The Kier molecular flexibility index (Phi) is 7.26. The van der Waals surface area contributed by atoms with Crippen LogP contribution in [0.2, 0.25) is 5.02 Å². The van der Waals surface area contributed by atoms with Gasteiger partial charge in [-0.05, 0) is 55.0 Å². The molecule has 1 aromatic heterocycles. The molecule has 0 unspecified atom stereocenters.